The average Bonchev–Trinajstić information content (AvgIpc) is 2.49. The highest BCUT2D eigenvalue weighted by atomic mass is 32.2. The van der Waals surface area contributed by atoms with Crippen LogP contribution >= 0.6 is 0 Å². The van der Waals surface area contributed by atoms with Gasteiger partial charge in [-0.25, -0.2) is 4.79 Å². The van der Waals surface area contributed by atoms with Gasteiger partial charge in [-0.3, -0.25) is 9.00 Å². The van der Waals surface area contributed by atoms with Crippen molar-refractivity contribution < 1.29 is 18.5 Å². The van der Waals surface area contributed by atoms with Gasteiger partial charge in [0.25, 0.3) is 0 Å². The molecule has 0 saturated heterocycles. The predicted octanol–water partition coefficient (Wildman–Crippen LogP) is 3.46. The summed E-state index contributed by atoms with van der Waals surface area (Å²) in [5, 5.41) is 1.34. The molecular formula is C19H26O4S. The first-order valence-electron chi connectivity index (χ1n) is 8.28. The zero-order valence-corrected chi connectivity index (χ0v) is 15.9. The summed E-state index contributed by atoms with van der Waals surface area (Å²) in [6.07, 6.45) is 6.53. The predicted molar refractivity (Wildman–Crippen MR) is 95.7 cm³/mol. The summed E-state index contributed by atoms with van der Waals surface area (Å²) in [4.78, 5) is 24.2. The number of ether oxygens (including phenoxy) is 1. The smallest absolute Gasteiger partial charge is 0.331 e. The lowest BCUT2D eigenvalue weighted by Crippen LogP contribution is -2.44. The SMILES string of the molecule is CC(C)=C1C[C@@]2(C)C(=CC1=O)CC[C@@H](OC(=O)/C=C\[S@](C)=O)[C@@H]2C. The molecule has 5 heteroatoms. The Bertz CT molecular complexity index is 667. The summed E-state index contributed by atoms with van der Waals surface area (Å²) in [7, 11) is -1.16. The Morgan fingerprint density at radius 3 is 2.67 bits per heavy atom. The van der Waals surface area contributed by atoms with Crippen LogP contribution in [-0.4, -0.2) is 28.3 Å². The third-order valence-electron chi connectivity index (χ3n) is 5.41. The minimum Gasteiger partial charge on any atom is -0.459 e. The van der Waals surface area contributed by atoms with Gasteiger partial charge in [-0.05, 0) is 50.2 Å². The Morgan fingerprint density at radius 1 is 1.42 bits per heavy atom. The van der Waals surface area contributed by atoms with Crippen molar-refractivity contribution >= 4 is 22.6 Å². The molecule has 0 aliphatic heterocycles. The van der Waals surface area contributed by atoms with E-state index in [0.29, 0.717) is 6.42 Å². The molecule has 4 nitrogen and oxygen atoms in total. The summed E-state index contributed by atoms with van der Waals surface area (Å²) in [6, 6.07) is 0. The first-order valence-corrected chi connectivity index (χ1v) is 9.90. The highest BCUT2D eigenvalue weighted by molar-refractivity contribution is 7.87. The van der Waals surface area contributed by atoms with E-state index in [-0.39, 0.29) is 23.2 Å². The van der Waals surface area contributed by atoms with E-state index in [4.69, 9.17) is 4.74 Å². The maximum Gasteiger partial charge on any atom is 0.331 e. The minimum absolute atomic E-state index is 0.115. The van der Waals surface area contributed by atoms with Crippen LogP contribution in [0.15, 0.2) is 34.3 Å². The molecule has 1 fully saturated rings. The Labute approximate surface area is 146 Å². The summed E-state index contributed by atoms with van der Waals surface area (Å²) in [5.74, 6) is -0.213. The van der Waals surface area contributed by atoms with E-state index in [2.05, 4.69) is 13.8 Å². The number of carbonyl (C=O) groups is 2. The van der Waals surface area contributed by atoms with E-state index in [1.807, 2.05) is 13.8 Å². The molecular weight excluding hydrogens is 324 g/mol. The number of fused-ring (bicyclic) bond motifs is 1. The first-order chi connectivity index (χ1) is 11.1. The van der Waals surface area contributed by atoms with Gasteiger partial charge in [0.2, 0.25) is 0 Å². The molecule has 0 spiro atoms. The summed E-state index contributed by atoms with van der Waals surface area (Å²) < 4.78 is 16.6. The molecule has 0 aromatic heterocycles. The molecule has 0 aromatic carbocycles. The monoisotopic (exact) mass is 350 g/mol. The zero-order chi connectivity index (χ0) is 18.1. The van der Waals surface area contributed by atoms with Gasteiger partial charge in [0.05, 0.1) is 0 Å². The summed E-state index contributed by atoms with van der Waals surface area (Å²) >= 11 is 0. The van der Waals surface area contributed by atoms with E-state index in [1.165, 1.54) is 23.3 Å². The molecule has 0 amide bonds. The maximum absolute atomic E-state index is 12.3. The molecule has 0 aromatic rings. The number of allylic oxidation sites excluding steroid dienone is 4. The van der Waals surface area contributed by atoms with E-state index in [1.54, 1.807) is 6.08 Å². The van der Waals surface area contributed by atoms with Crippen molar-refractivity contribution in [2.24, 2.45) is 11.3 Å². The van der Waals surface area contributed by atoms with Crippen LogP contribution in [-0.2, 0) is 25.1 Å². The third kappa shape index (κ3) is 3.77. The lowest BCUT2D eigenvalue weighted by Gasteiger charge is -2.48. The lowest BCUT2D eigenvalue weighted by molar-refractivity contribution is -0.149. The fraction of sp³-hybridized carbons (Fsp3) is 0.579. The second-order valence-corrected chi connectivity index (χ2v) is 8.48. The number of ketones is 1. The van der Waals surface area contributed by atoms with E-state index < -0.39 is 16.8 Å². The third-order valence-corrected chi connectivity index (χ3v) is 5.93. The number of hydrogen-bond acceptors (Lipinski definition) is 4. The van der Waals surface area contributed by atoms with Crippen LogP contribution in [0.1, 0.15) is 47.0 Å². The highest BCUT2D eigenvalue weighted by Gasteiger charge is 2.47. The van der Waals surface area contributed by atoms with Crippen LogP contribution in [0.25, 0.3) is 0 Å². The van der Waals surface area contributed by atoms with Gasteiger partial charge in [0, 0.05) is 34.5 Å². The van der Waals surface area contributed by atoms with Gasteiger partial charge in [-0.15, -0.1) is 0 Å². The van der Waals surface area contributed by atoms with Gasteiger partial charge in [0.15, 0.2) is 5.78 Å². The minimum atomic E-state index is -1.16. The van der Waals surface area contributed by atoms with E-state index in [0.717, 1.165) is 24.0 Å². The molecule has 1 saturated carbocycles. The molecule has 2 aliphatic carbocycles. The summed E-state index contributed by atoms with van der Waals surface area (Å²) in [6.45, 7) is 8.19. The topological polar surface area (TPSA) is 60.4 Å². The largest absolute Gasteiger partial charge is 0.459 e. The number of carbonyl (C=O) groups excluding carboxylic acids is 2. The second-order valence-electron chi connectivity index (χ2n) is 7.21. The molecule has 0 unspecified atom stereocenters. The van der Waals surface area contributed by atoms with Gasteiger partial charge in [-0.1, -0.05) is 25.0 Å². The standard InChI is InChI=1S/C19H26O4S/c1-12(2)15-11-19(4)13(3)17(7-6-14(19)10-16(15)20)23-18(21)8-9-24(5)22/h8-10,13,17H,6-7,11H2,1-5H3/b9-8-/t13-,17+,19+,24-/m0/s1. The number of hydrogen-bond donors (Lipinski definition) is 0. The lowest BCUT2D eigenvalue weighted by atomic mass is 9.58. The van der Waals surface area contributed by atoms with Gasteiger partial charge < -0.3 is 4.74 Å². The molecule has 0 bridgehead atoms. The molecule has 0 radical (unpaired) electrons. The van der Waals surface area contributed by atoms with Crippen molar-refractivity contribution in [3.8, 4) is 0 Å². The highest BCUT2D eigenvalue weighted by Crippen LogP contribution is 2.52. The van der Waals surface area contributed by atoms with Crippen LogP contribution in [0.2, 0.25) is 0 Å². The van der Waals surface area contributed by atoms with Crippen LogP contribution in [0.3, 0.4) is 0 Å². The fourth-order valence-electron chi connectivity index (χ4n) is 3.67. The van der Waals surface area contributed by atoms with Gasteiger partial charge in [0.1, 0.15) is 6.10 Å². The van der Waals surface area contributed by atoms with Crippen molar-refractivity contribution in [3.63, 3.8) is 0 Å². The van der Waals surface area contributed by atoms with Crippen LogP contribution in [0.4, 0.5) is 0 Å². The molecule has 2 rings (SSSR count). The molecule has 2 aliphatic rings. The van der Waals surface area contributed by atoms with Gasteiger partial charge in [-0.2, -0.15) is 0 Å². The average molecular weight is 350 g/mol. The Morgan fingerprint density at radius 2 is 2.08 bits per heavy atom. The maximum atomic E-state index is 12.3. The molecule has 0 heterocycles. The Hall–Kier alpha value is -1.49. The molecule has 0 N–H and O–H groups in total. The number of rotatable bonds is 3. The summed E-state index contributed by atoms with van der Waals surface area (Å²) in [5.41, 5.74) is 2.93. The zero-order valence-electron chi connectivity index (χ0n) is 15.0. The van der Waals surface area contributed by atoms with Crippen molar-refractivity contribution in [3.05, 3.63) is 34.3 Å². The van der Waals surface area contributed by atoms with Crippen molar-refractivity contribution in [1.82, 2.24) is 0 Å². The van der Waals surface area contributed by atoms with Crippen LogP contribution in [0.5, 0.6) is 0 Å². The molecule has 4 atom stereocenters. The van der Waals surface area contributed by atoms with Crippen LogP contribution < -0.4 is 0 Å². The van der Waals surface area contributed by atoms with E-state index >= 15 is 0 Å². The molecule has 24 heavy (non-hydrogen) atoms. The van der Waals surface area contributed by atoms with Crippen molar-refractivity contribution in [2.75, 3.05) is 6.26 Å². The van der Waals surface area contributed by atoms with Gasteiger partial charge >= 0.3 is 5.97 Å². The van der Waals surface area contributed by atoms with Crippen molar-refractivity contribution in [1.29, 1.82) is 0 Å². The van der Waals surface area contributed by atoms with Crippen molar-refractivity contribution in [2.45, 2.75) is 53.1 Å². The Balaban J connectivity index is 2.22. The number of esters is 1. The molecule has 132 valence electrons. The normalized spacial score (nSPS) is 31.5. The fourth-order valence-corrected chi connectivity index (χ4v) is 3.97. The first kappa shape index (κ1) is 18.8. The Kier molecular flexibility index (Phi) is 5.63. The van der Waals surface area contributed by atoms with E-state index in [9.17, 15) is 13.8 Å². The quantitative estimate of drug-likeness (QED) is 0.578. The second kappa shape index (κ2) is 7.18. The van der Waals surface area contributed by atoms with Crippen LogP contribution in [0, 0.1) is 11.3 Å².